The largest absolute Gasteiger partial charge is 0.480 e. The van der Waals surface area contributed by atoms with E-state index in [1.807, 2.05) is 0 Å². The molecule has 0 aliphatic rings. The van der Waals surface area contributed by atoms with Gasteiger partial charge in [-0.2, -0.15) is 0 Å². The van der Waals surface area contributed by atoms with Gasteiger partial charge < -0.3 is 15.8 Å². The number of benzene rings is 1. The summed E-state index contributed by atoms with van der Waals surface area (Å²) in [4.78, 5) is 11.1. The molecule has 0 fully saturated rings. The number of rotatable bonds is 6. The van der Waals surface area contributed by atoms with Gasteiger partial charge in [-0.1, -0.05) is 6.92 Å². The van der Waals surface area contributed by atoms with E-state index in [1.165, 1.54) is 18.2 Å². The first kappa shape index (κ1) is 13.4. The third kappa shape index (κ3) is 3.71. The highest BCUT2D eigenvalue weighted by atomic mass is 19.1. The highest BCUT2D eigenvalue weighted by Gasteiger charge is 2.16. The van der Waals surface area contributed by atoms with Crippen molar-refractivity contribution in [2.75, 3.05) is 7.05 Å². The summed E-state index contributed by atoms with van der Waals surface area (Å²) in [6.45, 7) is 2.26. The predicted molar refractivity (Wildman–Crippen MR) is 63.1 cm³/mol. The van der Waals surface area contributed by atoms with Gasteiger partial charge in [-0.15, -0.1) is 0 Å². The smallest absolute Gasteiger partial charge is 0.258 e. The first-order valence-electron chi connectivity index (χ1n) is 5.47. The molecular weight excluding hydrogens is 223 g/mol. The highest BCUT2D eigenvalue weighted by Crippen LogP contribution is 2.21. The molecule has 0 aromatic heterocycles. The molecular formula is C12H17FN2O2. The van der Waals surface area contributed by atoms with E-state index in [9.17, 15) is 9.18 Å². The molecule has 4 nitrogen and oxygen atoms in total. The molecule has 0 spiro atoms. The van der Waals surface area contributed by atoms with Gasteiger partial charge in [0, 0.05) is 12.1 Å². The number of ether oxygens (including phenoxy) is 1. The molecule has 1 unspecified atom stereocenters. The van der Waals surface area contributed by atoms with Crippen LogP contribution in [-0.4, -0.2) is 19.1 Å². The zero-order valence-corrected chi connectivity index (χ0v) is 10.00. The van der Waals surface area contributed by atoms with Crippen molar-refractivity contribution in [3.8, 4) is 5.75 Å². The standard InChI is InChI=1S/C12H17FN2O2/c1-3-10(12(14)16)17-11-5-4-9(13)6-8(11)7-15-2/h4-6,10,15H,3,7H2,1-2H3,(H2,14,16). The summed E-state index contributed by atoms with van der Waals surface area (Å²) in [6, 6.07) is 4.18. The van der Waals surface area contributed by atoms with Crippen molar-refractivity contribution in [2.45, 2.75) is 26.0 Å². The van der Waals surface area contributed by atoms with Crippen LogP contribution in [0.5, 0.6) is 5.75 Å². The molecule has 0 aliphatic carbocycles. The molecule has 94 valence electrons. The van der Waals surface area contributed by atoms with Gasteiger partial charge in [0.2, 0.25) is 0 Å². The Kier molecular flexibility index (Phi) is 4.90. The van der Waals surface area contributed by atoms with Gasteiger partial charge in [0.25, 0.3) is 5.91 Å². The fourth-order valence-corrected chi connectivity index (χ4v) is 1.49. The van der Waals surface area contributed by atoms with Crippen LogP contribution in [-0.2, 0) is 11.3 Å². The zero-order valence-electron chi connectivity index (χ0n) is 10.00. The Bertz CT molecular complexity index is 396. The number of primary amides is 1. The predicted octanol–water partition coefficient (Wildman–Crippen LogP) is 1.19. The molecule has 0 radical (unpaired) electrons. The molecule has 0 saturated heterocycles. The van der Waals surface area contributed by atoms with Crippen molar-refractivity contribution in [1.82, 2.24) is 5.32 Å². The minimum atomic E-state index is -0.684. The Hall–Kier alpha value is -1.62. The second-order valence-corrected chi connectivity index (χ2v) is 3.70. The van der Waals surface area contributed by atoms with Crippen molar-refractivity contribution in [2.24, 2.45) is 5.73 Å². The van der Waals surface area contributed by atoms with Crippen LogP contribution in [0.2, 0.25) is 0 Å². The molecule has 1 aromatic carbocycles. The van der Waals surface area contributed by atoms with E-state index < -0.39 is 12.0 Å². The van der Waals surface area contributed by atoms with E-state index in [0.717, 1.165) is 0 Å². The van der Waals surface area contributed by atoms with Gasteiger partial charge in [-0.25, -0.2) is 4.39 Å². The SMILES string of the molecule is CCC(Oc1ccc(F)cc1CNC)C(N)=O. The maximum absolute atomic E-state index is 13.1. The Morgan fingerprint density at radius 1 is 1.59 bits per heavy atom. The summed E-state index contributed by atoms with van der Waals surface area (Å²) in [5, 5.41) is 2.91. The number of nitrogens with one attached hydrogen (secondary N) is 1. The average molecular weight is 240 g/mol. The van der Waals surface area contributed by atoms with Crippen LogP contribution in [0, 0.1) is 5.82 Å². The zero-order chi connectivity index (χ0) is 12.8. The molecule has 17 heavy (non-hydrogen) atoms. The highest BCUT2D eigenvalue weighted by molar-refractivity contribution is 5.79. The fraction of sp³-hybridized carbons (Fsp3) is 0.417. The molecule has 1 rings (SSSR count). The van der Waals surface area contributed by atoms with Crippen LogP contribution in [0.1, 0.15) is 18.9 Å². The quantitative estimate of drug-likeness (QED) is 0.785. The van der Waals surface area contributed by atoms with Crippen molar-refractivity contribution >= 4 is 5.91 Å². The molecule has 1 amide bonds. The molecule has 0 saturated carbocycles. The van der Waals surface area contributed by atoms with Crippen LogP contribution in [0.3, 0.4) is 0 Å². The Morgan fingerprint density at radius 3 is 2.82 bits per heavy atom. The van der Waals surface area contributed by atoms with E-state index in [-0.39, 0.29) is 5.82 Å². The van der Waals surface area contributed by atoms with Crippen LogP contribution < -0.4 is 15.8 Å². The monoisotopic (exact) mass is 240 g/mol. The molecule has 1 aromatic rings. The first-order valence-corrected chi connectivity index (χ1v) is 5.47. The number of hydrogen-bond acceptors (Lipinski definition) is 3. The lowest BCUT2D eigenvalue weighted by Crippen LogP contribution is -2.33. The number of amides is 1. The minimum absolute atomic E-state index is 0.338. The molecule has 0 aliphatic heterocycles. The van der Waals surface area contributed by atoms with Crippen molar-refractivity contribution < 1.29 is 13.9 Å². The van der Waals surface area contributed by atoms with Crippen LogP contribution in [0.25, 0.3) is 0 Å². The van der Waals surface area contributed by atoms with Crippen LogP contribution in [0.15, 0.2) is 18.2 Å². The Labute approximate surface area is 100.0 Å². The molecule has 5 heteroatoms. The van der Waals surface area contributed by atoms with Gasteiger partial charge in [-0.3, -0.25) is 4.79 Å². The maximum atomic E-state index is 13.1. The van der Waals surface area contributed by atoms with E-state index in [0.29, 0.717) is 24.3 Å². The van der Waals surface area contributed by atoms with Crippen LogP contribution in [0.4, 0.5) is 4.39 Å². The van der Waals surface area contributed by atoms with E-state index in [1.54, 1.807) is 14.0 Å². The summed E-state index contributed by atoms with van der Waals surface area (Å²) in [7, 11) is 1.75. The maximum Gasteiger partial charge on any atom is 0.258 e. The number of hydrogen-bond donors (Lipinski definition) is 2. The molecule has 0 bridgehead atoms. The second kappa shape index (κ2) is 6.20. The normalized spacial score (nSPS) is 12.2. The van der Waals surface area contributed by atoms with Crippen molar-refractivity contribution in [3.63, 3.8) is 0 Å². The third-order valence-electron chi connectivity index (χ3n) is 2.35. The summed E-state index contributed by atoms with van der Waals surface area (Å²) < 4.78 is 18.6. The van der Waals surface area contributed by atoms with Crippen molar-refractivity contribution in [1.29, 1.82) is 0 Å². The van der Waals surface area contributed by atoms with E-state index >= 15 is 0 Å². The minimum Gasteiger partial charge on any atom is -0.480 e. The lowest BCUT2D eigenvalue weighted by Gasteiger charge is -2.17. The number of carbonyl (C=O) groups is 1. The van der Waals surface area contributed by atoms with Gasteiger partial charge in [0.05, 0.1) is 0 Å². The molecule has 1 atom stereocenters. The number of carbonyl (C=O) groups excluding carboxylic acids is 1. The lowest BCUT2D eigenvalue weighted by atomic mass is 10.2. The van der Waals surface area contributed by atoms with Gasteiger partial charge >= 0.3 is 0 Å². The Balaban J connectivity index is 2.92. The average Bonchev–Trinajstić information content (AvgIpc) is 2.28. The van der Waals surface area contributed by atoms with Gasteiger partial charge in [-0.05, 0) is 31.7 Å². The molecule has 0 heterocycles. The topological polar surface area (TPSA) is 64.3 Å². The number of nitrogens with two attached hydrogens (primary N) is 1. The lowest BCUT2D eigenvalue weighted by molar-refractivity contribution is -0.124. The summed E-state index contributed by atoms with van der Waals surface area (Å²) in [5.41, 5.74) is 5.85. The third-order valence-corrected chi connectivity index (χ3v) is 2.35. The summed E-state index contributed by atoms with van der Waals surface area (Å²) in [6.07, 6.45) is -0.206. The Morgan fingerprint density at radius 2 is 2.29 bits per heavy atom. The summed E-state index contributed by atoms with van der Waals surface area (Å²) >= 11 is 0. The summed E-state index contributed by atoms with van der Waals surface area (Å²) in [5.74, 6) is -0.381. The van der Waals surface area contributed by atoms with E-state index in [2.05, 4.69) is 5.32 Å². The number of halogens is 1. The van der Waals surface area contributed by atoms with Crippen molar-refractivity contribution in [3.05, 3.63) is 29.6 Å². The van der Waals surface area contributed by atoms with Crippen LogP contribution >= 0.6 is 0 Å². The van der Waals surface area contributed by atoms with E-state index in [4.69, 9.17) is 10.5 Å². The van der Waals surface area contributed by atoms with Gasteiger partial charge in [0.15, 0.2) is 6.10 Å². The van der Waals surface area contributed by atoms with Gasteiger partial charge in [0.1, 0.15) is 11.6 Å². The second-order valence-electron chi connectivity index (χ2n) is 3.70. The molecule has 3 N–H and O–H groups in total. The fourth-order valence-electron chi connectivity index (χ4n) is 1.49. The first-order chi connectivity index (χ1) is 8.08.